The Bertz CT molecular complexity index is 1020. The largest absolute Gasteiger partial charge is 0.252 e. The van der Waals surface area contributed by atoms with E-state index < -0.39 is 5.92 Å². The molecule has 0 radical (unpaired) electrons. The van der Waals surface area contributed by atoms with Crippen LogP contribution < -0.4 is 0 Å². The van der Waals surface area contributed by atoms with Crippen molar-refractivity contribution in [1.29, 1.82) is 0 Å². The Morgan fingerprint density at radius 2 is 1.93 bits per heavy atom. The van der Waals surface area contributed by atoms with E-state index in [2.05, 4.69) is 46.9 Å². The van der Waals surface area contributed by atoms with Crippen molar-refractivity contribution in [3.8, 4) is 11.5 Å². The Kier molecular flexibility index (Phi) is 6.04. The van der Waals surface area contributed by atoms with Crippen molar-refractivity contribution in [2.45, 2.75) is 38.2 Å². The van der Waals surface area contributed by atoms with Gasteiger partial charge >= 0.3 is 0 Å². The fraction of sp³-hybridized carbons (Fsp3) is 0.350. The summed E-state index contributed by atoms with van der Waals surface area (Å²) in [4.78, 5) is 9.01. The normalized spacial score (nSPS) is 16.0. The third-order valence-corrected chi connectivity index (χ3v) is 6.76. The van der Waals surface area contributed by atoms with Gasteiger partial charge in [0, 0.05) is 40.9 Å². The fourth-order valence-electron chi connectivity index (χ4n) is 3.47. The van der Waals surface area contributed by atoms with Gasteiger partial charge in [-0.2, -0.15) is 0 Å². The average molecular weight is 547 g/mol. The first-order valence-corrected chi connectivity index (χ1v) is 11.1. The SMILES string of the molecule is FC1(F)CC(Cn2nc(-c3ccc(Br)cn3)nc2CCc2cccc(Br)c2Cl)C1. The standard InChI is InChI=1S/C20H17Br2ClF2N4/c21-14-5-6-16(26-10-14)19-27-17(7-4-13-2-1-3-15(22)18(13)23)29(28-19)11-12-8-20(24,25)9-12/h1-3,5-6,10,12H,4,7-9,11H2. The molecule has 0 aliphatic heterocycles. The van der Waals surface area contributed by atoms with Gasteiger partial charge in [0.25, 0.3) is 0 Å². The van der Waals surface area contributed by atoms with Crippen molar-refractivity contribution >= 4 is 43.5 Å². The molecule has 3 aromatic rings. The lowest BCUT2D eigenvalue weighted by molar-refractivity contribution is -0.114. The lowest BCUT2D eigenvalue weighted by atomic mass is 9.81. The van der Waals surface area contributed by atoms with Crippen LogP contribution in [0.2, 0.25) is 5.02 Å². The van der Waals surface area contributed by atoms with Gasteiger partial charge in [-0.25, -0.2) is 18.4 Å². The third kappa shape index (κ3) is 4.86. The summed E-state index contributed by atoms with van der Waals surface area (Å²) < 4.78 is 30.0. The number of aryl methyl sites for hydroxylation is 2. The summed E-state index contributed by atoms with van der Waals surface area (Å²) in [5.74, 6) is -1.40. The Balaban J connectivity index is 1.58. The molecule has 4 rings (SSSR count). The number of halogens is 5. The topological polar surface area (TPSA) is 43.6 Å². The number of benzene rings is 1. The van der Waals surface area contributed by atoms with E-state index in [1.54, 1.807) is 10.9 Å². The highest BCUT2D eigenvalue weighted by Crippen LogP contribution is 2.43. The molecule has 4 nitrogen and oxygen atoms in total. The highest BCUT2D eigenvalue weighted by Gasteiger charge is 2.45. The summed E-state index contributed by atoms with van der Waals surface area (Å²) in [6.07, 6.45) is 2.75. The van der Waals surface area contributed by atoms with Crippen LogP contribution in [0.3, 0.4) is 0 Å². The van der Waals surface area contributed by atoms with Gasteiger partial charge < -0.3 is 0 Å². The lowest BCUT2D eigenvalue weighted by Gasteiger charge is -2.34. The van der Waals surface area contributed by atoms with Crippen LogP contribution in [-0.4, -0.2) is 25.7 Å². The molecule has 0 spiro atoms. The number of hydrogen-bond donors (Lipinski definition) is 0. The van der Waals surface area contributed by atoms with E-state index >= 15 is 0 Å². The number of alkyl halides is 2. The van der Waals surface area contributed by atoms with Crippen LogP contribution in [0.25, 0.3) is 11.5 Å². The Morgan fingerprint density at radius 1 is 1.14 bits per heavy atom. The van der Waals surface area contributed by atoms with E-state index in [-0.39, 0.29) is 18.8 Å². The highest BCUT2D eigenvalue weighted by atomic mass is 79.9. The summed E-state index contributed by atoms with van der Waals surface area (Å²) in [6.45, 7) is 0.431. The van der Waals surface area contributed by atoms with Crippen LogP contribution in [-0.2, 0) is 19.4 Å². The first kappa shape index (κ1) is 20.9. The summed E-state index contributed by atoms with van der Waals surface area (Å²) in [6, 6.07) is 9.50. The predicted octanol–water partition coefficient (Wildman–Crippen LogP) is 6.35. The molecule has 2 heterocycles. The molecule has 0 saturated heterocycles. The van der Waals surface area contributed by atoms with Crippen LogP contribution >= 0.6 is 43.5 Å². The van der Waals surface area contributed by atoms with Crippen molar-refractivity contribution in [2.75, 3.05) is 0 Å². The second-order valence-electron chi connectivity index (χ2n) is 7.24. The van der Waals surface area contributed by atoms with Gasteiger partial charge in [0.2, 0.25) is 5.92 Å². The zero-order chi connectivity index (χ0) is 20.6. The summed E-state index contributed by atoms with van der Waals surface area (Å²) in [5.41, 5.74) is 1.64. The minimum atomic E-state index is -2.55. The fourth-order valence-corrected chi connectivity index (χ4v) is 4.33. The molecule has 152 valence electrons. The van der Waals surface area contributed by atoms with Crippen molar-refractivity contribution < 1.29 is 8.78 Å². The molecule has 9 heteroatoms. The Labute approximate surface area is 189 Å². The van der Waals surface area contributed by atoms with Gasteiger partial charge in [-0.05, 0) is 68.0 Å². The smallest absolute Gasteiger partial charge is 0.248 e. The van der Waals surface area contributed by atoms with Gasteiger partial charge in [-0.3, -0.25) is 4.98 Å². The average Bonchev–Trinajstić information content (AvgIpc) is 3.05. The molecular formula is C20H17Br2ClF2N4. The maximum Gasteiger partial charge on any atom is 0.248 e. The van der Waals surface area contributed by atoms with E-state index in [1.807, 2.05) is 30.3 Å². The highest BCUT2D eigenvalue weighted by molar-refractivity contribution is 9.10. The first-order valence-electron chi connectivity index (χ1n) is 9.17. The summed E-state index contributed by atoms with van der Waals surface area (Å²) in [5, 5.41) is 5.25. The van der Waals surface area contributed by atoms with Crippen LogP contribution in [0.15, 0.2) is 45.5 Å². The molecule has 1 fully saturated rings. The van der Waals surface area contributed by atoms with E-state index in [0.29, 0.717) is 35.9 Å². The molecule has 2 aromatic heterocycles. The molecule has 1 saturated carbocycles. The molecule has 0 amide bonds. The molecule has 29 heavy (non-hydrogen) atoms. The van der Waals surface area contributed by atoms with Gasteiger partial charge in [0.1, 0.15) is 11.5 Å². The third-order valence-electron chi connectivity index (χ3n) is 4.96. The molecule has 1 aliphatic carbocycles. The molecule has 0 unspecified atom stereocenters. The van der Waals surface area contributed by atoms with E-state index in [1.165, 1.54) is 0 Å². The van der Waals surface area contributed by atoms with E-state index in [0.717, 1.165) is 20.3 Å². The zero-order valence-electron chi connectivity index (χ0n) is 15.3. The van der Waals surface area contributed by atoms with Crippen molar-refractivity contribution in [1.82, 2.24) is 19.7 Å². The summed E-state index contributed by atoms with van der Waals surface area (Å²) in [7, 11) is 0. The van der Waals surface area contributed by atoms with Crippen molar-refractivity contribution in [3.05, 3.63) is 61.9 Å². The zero-order valence-corrected chi connectivity index (χ0v) is 19.2. The number of nitrogens with zero attached hydrogens (tertiary/aromatic N) is 4. The maximum absolute atomic E-state index is 13.3. The number of hydrogen-bond acceptors (Lipinski definition) is 3. The van der Waals surface area contributed by atoms with Crippen molar-refractivity contribution in [3.63, 3.8) is 0 Å². The summed E-state index contributed by atoms with van der Waals surface area (Å²) >= 11 is 13.2. The van der Waals surface area contributed by atoms with Gasteiger partial charge in [0.05, 0.1) is 5.02 Å². The predicted molar refractivity (Wildman–Crippen MR) is 115 cm³/mol. The Morgan fingerprint density at radius 3 is 2.62 bits per heavy atom. The molecule has 0 bridgehead atoms. The first-order chi connectivity index (χ1) is 13.8. The molecule has 0 N–H and O–H groups in total. The molecule has 1 aliphatic rings. The second kappa shape index (κ2) is 8.40. The van der Waals surface area contributed by atoms with Crippen LogP contribution in [0, 0.1) is 5.92 Å². The number of pyridine rings is 1. The molecule has 0 atom stereocenters. The van der Waals surface area contributed by atoms with Crippen LogP contribution in [0.5, 0.6) is 0 Å². The van der Waals surface area contributed by atoms with Crippen LogP contribution in [0.4, 0.5) is 8.78 Å². The molecule has 1 aromatic carbocycles. The minimum absolute atomic E-state index is 0.0920. The van der Waals surface area contributed by atoms with E-state index in [4.69, 9.17) is 11.6 Å². The Hall–Kier alpha value is -1.38. The van der Waals surface area contributed by atoms with Crippen LogP contribution in [0.1, 0.15) is 24.2 Å². The second-order valence-corrected chi connectivity index (χ2v) is 9.39. The monoisotopic (exact) mass is 544 g/mol. The maximum atomic E-state index is 13.3. The lowest BCUT2D eigenvalue weighted by Crippen LogP contribution is -2.38. The van der Waals surface area contributed by atoms with Gasteiger partial charge in [-0.1, -0.05) is 23.7 Å². The minimum Gasteiger partial charge on any atom is -0.252 e. The van der Waals surface area contributed by atoms with E-state index in [9.17, 15) is 8.78 Å². The number of rotatable bonds is 6. The number of aromatic nitrogens is 4. The van der Waals surface area contributed by atoms with Crippen molar-refractivity contribution in [2.24, 2.45) is 5.92 Å². The van der Waals surface area contributed by atoms with Gasteiger partial charge in [-0.15, -0.1) is 5.10 Å². The van der Waals surface area contributed by atoms with Gasteiger partial charge in [0.15, 0.2) is 5.82 Å². The quantitative estimate of drug-likeness (QED) is 0.362. The molecular weight excluding hydrogens is 530 g/mol.